The van der Waals surface area contributed by atoms with Gasteiger partial charge in [0.05, 0.1) is 0 Å². The predicted octanol–water partition coefficient (Wildman–Crippen LogP) is 2.20. The molecule has 0 radical (unpaired) electrons. The van der Waals surface area contributed by atoms with E-state index in [-0.39, 0.29) is 0 Å². The molecule has 1 aliphatic heterocycles. The highest BCUT2D eigenvalue weighted by Crippen LogP contribution is 2.20. The molecule has 2 aromatic rings. The van der Waals surface area contributed by atoms with Gasteiger partial charge in [-0.2, -0.15) is 0 Å². The Hall–Kier alpha value is -2.05. The molecule has 1 unspecified atom stereocenters. The molecular formula is C19H28N6. The lowest BCUT2D eigenvalue weighted by Gasteiger charge is -2.36. The highest BCUT2D eigenvalue weighted by molar-refractivity contribution is 5.56. The molecular weight excluding hydrogens is 312 g/mol. The molecule has 6 heteroatoms. The summed E-state index contributed by atoms with van der Waals surface area (Å²) >= 11 is 0. The fourth-order valence-corrected chi connectivity index (χ4v) is 3.05. The lowest BCUT2D eigenvalue weighted by Crippen LogP contribution is -2.50. The van der Waals surface area contributed by atoms with Crippen LogP contribution in [0.4, 0.5) is 5.82 Å². The summed E-state index contributed by atoms with van der Waals surface area (Å²) in [7, 11) is 2.19. The van der Waals surface area contributed by atoms with Crippen molar-refractivity contribution in [2.75, 3.05) is 45.1 Å². The molecule has 3 rings (SSSR count). The zero-order chi connectivity index (χ0) is 17.8. The number of nitrogens with one attached hydrogen (secondary N) is 1. The number of pyridine rings is 1. The maximum Gasteiger partial charge on any atom is 0.180 e. The number of hydrogen-bond donors (Lipinski definition) is 1. The van der Waals surface area contributed by atoms with Crippen molar-refractivity contribution in [2.24, 2.45) is 0 Å². The maximum absolute atomic E-state index is 4.72. The van der Waals surface area contributed by atoms with Crippen molar-refractivity contribution in [1.29, 1.82) is 0 Å². The Bertz CT molecular complexity index is 695. The Morgan fingerprint density at radius 1 is 1.12 bits per heavy atom. The number of likely N-dealkylation sites (N-methyl/N-ethyl adjacent to an activating group) is 1. The van der Waals surface area contributed by atoms with Crippen LogP contribution in [0.5, 0.6) is 0 Å². The molecule has 0 aliphatic carbocycles. The summed E-state index contributed by atoms with van der Waals surface area (Å²) in [6.07, 6.45) is 1.77. The van der Waals surface area contributed by atoms with E-state index in [9.17, 15) is 0 Å². The topological polar surface area (TPSA) is 57.2 Å². The van der Waals surface area contributed by atoms with Gasteiger partial charge in [0.15, 0.2) is 5.82 Å². The average molecular weight is 340 g/mol. The molecule has 1 aliphatic rings. The van der Waals surface area contributed by atoms with Crippen LogP contribution in [0.3, 0.4) is 0 Å². The summed E-state index contributed by atoms with van der Waals surface area (Å²) in [5.41, 5.74) is 2.90. The fraction of sp³-hybridized carbons (Fsp3) is 0.526. The zero-order valence-electron chi connectivity index (χ0n) is 15.7. The highest BCUT2D eigenvalue weighted by Gasteiger charge is 2.19. The summed E-state index contributed by atoms with van der Waals surface area (Å²) in [5.74, 6) is 1.59. The number of piperazine rings is 1. The van der Waals surface area contributed by atoms with Gasteiger partial charge < -0.3 is 10.2 Å². The van der Waals surface area contributed by atoms with Gasteiger partial charge in [-0.1, -0.05) is 6.07 Å². The predicted molar refractivity (Wildman–Crippen MR) is 102 cm³/mol. The van der Waals surface area contributed by atoms with Crippen LogP contribution < -0.4 is 5.32 Å². The summed E-state index contributed by atoms with van der Waals surface area (Å²) < 4.78 is 0. The van der Waals surface area contributed by atoms with Crippen molar-refractivity contribution < 1.29 is 0 Å². The first-order valence-corrected chi connectivity index (χ1v) is 8.97. The molecule has 0 bridgehead atoms. The Balaban J connectivity index is 1.70. The van der Waals surface area contributed by atoms with Gasteiger partial charge in [0.1, 0.15) is 11.5 Å². The smallest absolute Gasteiger partial charge is 0.180 e. The van der Waals surface area contributed by atoms with Gasteiger partial charge in [-0.3, -0.25) is 9.88 Å². The van der Waals surface area contributed by atoms with Crippen molar-refractivity contribution in [3.05, 3.63) is 35.7 Å². The molecule has 0 aromatic carbocycles. The zero-order valence-corrected chi connectivity index (χ0v) is 15.7. The molecule has 1 fully saturated rings. The minimum Gasteiger partial charge on any atom is -0.368 e. The molecule has 0 spiro atoms. The molecule has 134 valence electrons. The van der Waals surface area contributed by atoms with E-state index in [0.717, 1.165) is 55.5 Å². The van der Waals surface area contributed by atoms with Gasteiger partial charge >= 0.3 is 0 Å². The van der Waals surface area contributed by atoms with Crippen LogP contribution in [0, 0.1) is 13.8 Å². The van der Waals surface area contributed by atoms with Gasteiger partial charge in [0.25, 0.3) is 0 Å². The lowest BCUT2D eigenvalue weighted by atomic mass is 10.2. The van der Waals surface area contributed by atoms with Gasteiger partial charge in [-0.25, -0.2) is 9.97 Å². The second-order valence-corrected chi connectivity index (χ2v) is 6.89. The molecule has 0 amide bonds. The third kappa shape index (κ3) is 4.32. The number of aryl methyl sites for hydroxylation is 1. The standard InChI is InChI=1S/C19H28N6/c1-14(25-11-9-24(4)10-12-25)13-21-18-15(2)16(3)22-19(23-18)17-7-5-6-8-20-17/h5-8,14H,9-13H2,1-4H3,(H,21,22,23). The third-order valence-electron chi connectivity index (χ3n) is 5.01. The van der Waals surface area contributed by atoms with Crippen molar-refractivity contribution >= 4 is 5.82 Å². The Morgan fingerprint density at radius 2 is 1.88 bits per heavy atom. The van der Waals surface area contributed by atoms with Crippen molar-refractivity contribution in [3.8, 4) is 11.5 Å². The van der Waals surface area contributed by atoms with E-state index in [0.29, 0.717) is 11.9 Å². The van der Waals surface area contributed by atoms with E-state index in [1.807, 2.05) is 25.1 Å². The third-order valence-corrected chi connectivity index (χ3v) is 5.01. The average Bonchev–Trinajstić information content (AvgIpc) is 2.64. The molecule has 25 heavy (non-hydrogen) atoms. The van der Waals surface area contributed by atoms with E-state index in [2.05, 4.69) is 46.0 Å². The van der Waals surface area contributed by atoms with E-state index in [1.165, 1.54) is 0 Å². The number of aromatic nitrogens is 3. The van der Waals surface area contributed by atoms with Crippen molar-refractivity contribution in [1.82, 2.24) is 24.8 Å². The lowest BCUT2D eigenvalue weighted by molar-refractivity contribution is 0.123. The van der Waals surface area contributed by atoms with Crippen LogP contribution >= 0.6 is 0 Å². The van der Waals surface area contributed by atoms with Crippen LogP contribution in [-0.2, 0) is 0 Å². The Morgan fingerprint density at radius 3 is 2.56 bits per heavy atom. The van der Waals surface area contributed by atoms with Crippen LogP contribution in [0.25, 0.3) is 11.5 Å². The number of rotatable bonds is 5. The largest absolute Gasteiger partial charge is 0.368 e. The highest BCUT2D eigenvalue weighted by atomic mass is 15.3. The second-order valence-electron chi connectivity index (χ2n) is 6.89. The molecule has 3 heterocycles. The van der Waals surface area contributed by atoms with Gasteiger partial charge in [-0.05, 0) is 40.0 Å². The molecule has 1 N–H and O–H groups in total. The molecule has 6 nitrogen and oxygen atoms in total. The monoisotopic (exact) mass is 340 g/mol. The quantitative estimate of drug-likeness (QED) is 0.900. The fourth-order valence-electron chi connectivity index (χ4n) is 3.05. The normalized spacial score (nSPS) is 17.4. The Labute approximate surface area is 150 Å². The first-order chi connectivity index (χ1) is 12.0. The minimum atomic E-state index is 0.474. The number of hydrogen-bond acceptors (Lipinski definition) is 6. The van der Waals surface area contributed by atoms with Crippen LogP contribution in [0.1, 0.15) is 18.2 Å². The first-order valence-electron chi connectivity index (χ1n) is 8.97. The van der Waals surface area contributed by atoms with E-state index in [4.69, 9.17) is 4.98 Å². The SMILES string of the molecule is Cc1nc(-c2ccccn2)nc(NCC(C)N2CCN(C)CC2)c1C. The summed E-state index contributed by atoms with van der Waals surface area (Å²) in [6, 6.07) is 6.28. The van der Waals surface area contributed by atoms with Crippen molar-refractivity contribution in [3.63, 3.8) is 0 Å². The van der Waals surface area contributed by atoms with E-state index >= 15 is 0 Å². The molecule has 2 aromatic heterocycles. The minimum absolute atomic E-state index is 0.474. The molecule has 1 saturated heterocycles. The summed E-state index contributed by atoms with van der Waals surface area (Å²) in [4.78, 5) is 18.6. The van der Waals surface area contributed by atoms with E-state index in [1.54, 1.807) is 6.20 Å². The van der Waals surface area contributed by atoms with Crippen LogP contribution in [0.2, 0.25) is 0 Å². The first kappa shape index (κ1) is 17.8. The van der Waals surface area contributed by atoms with Crippen LogP contribution in [-0.4, -0.2) is 70.6 Å². The number of nitrogens with zero attached hydrogens (tertiary/aromatic N) is 5. The number of anilines is 1. The Kier molecular flexibility index (Phi) is 5.60. The summed E-state index contributed by atoms with van der Waals surface area (Å²) in [5, 5.41) is 3.54. The van der Waals surface area contributed by atoms with Crippen LogP contribution in [0.15, 0.2) is 24.4 Å². The van der Waals surface area contributed by atoms with Crippen molar-refractivity contribution in [2.45, 2.75) is 26.8 Å². The maximum atomic E-state index is 4.72. The summed E-state index contributed by atoms with van der Waals surface area (Å²) in [6.45, 7) is 11.8. The van der Waals surface area contributed by atoms with Gasteiger partial charge in [0, 0.05) is 56.2 Å². The van der Waals surface area contributed by atoms with Gasteiger partial charge in [0.2, 0.25) is 0 Å². The van der Waals surface area contributed by atoms with E-state index < -0.39 is 0 Å². The van der Waals surface area contributed by atoms with Gasteiger partial charge in [-0.15, -0.1) is 0 Å². The molecule has 1 atom stereocenters. The second kappa shape index (κ2) is 7.89. The molecule has 0 saturated carbocycles.